The minimum Gasteiger partial charge on any atom is -0.465 e. The predicted octanol–water partition coefficient (Wildman–Crippen LogP) is 4.15. The van der Waals surface area contributed by atoms with Crippen molar-refractivity contribution >= 4 is 23.5 Å². The standard InChI is InChI=1S/C17H16F3N5O2/c1-21-14-11(17(18,19)20)7-22-15(24-14)23-8-2-3-9-10(6-8)13-5-4-12(9)25(13)16(26)27/h2-3,6-7,12-13H,4-5H2,1H3,(H,26,27)(H2,21,22,23,24)/t12-,13+/m0/s1. The highest BCUT2D eigenvalue weighted by atomic mass is 19.4. The fourth-order valence-corrected chi connectivity index (χ4v) is 3.90. The van der Waals surface area contributed by atoms with Crippen molar-refractivity contribution in [1.29, 1.82) is 0 Å². The molecule has 1 aromatic carbocycles. The maximum Gasteiger partial charge on any atom is 0.421 e. The number of amides is 1. The molecule has 2 bridgehead atoms. The molecule has 2 aromatic rings. The molecule has 4 rings (SSSR count). The van der Waals surface area contributed by atoms with Gasteiger partial charge in [-0.2, -0.15) is 18.2 Å². The summed E-state index contributed by atoms with van der Waals surface area (Å²) in [5.41, 5.74) is 1.54. The number of anilines is 3. The molecule has 3 N–H and O–H groups in total. The maximum absolute atomic E-state index is 12.9. The van der Waals surface area contributed by atoms with Crippen LogP contribution in [-0.4, -0.2) is 33.1 Å². The Morgan fingerprint density at radius 3 is 2.59 bits per heavy atom. The lowest BCUT2D eigenvalue weighted by Crippen LogP contribution is -2.25. The Morgan fingerprint density at radius 1 is 1.26 bits per heavy atom. The average molecular weight is 379 g/mol. The normalized spacial score (nSPS) is 20.5. The molecular formula is C17H16F3N5O2. The van der Waals surface area contributed by atoms with E-state index in [0.717, 1.165) is 30.2 Å². The molecule has 1 saturated heterocycles. The molecule has 10 heteroatoms. The molecule has 2 aliphatic rings. The van der Waals surface area contributed by atoms with E-state index >= 15 is 0 Å². The summed E-state index contributed by atoms with van der Waals surface area (Å²) in [4.78, 5) is 20.6. The number of hydrogen-bond acceptors (Lipinski definition) is 5. The number of benzene rings is 1. The molecule has 0 radical (unpaired) electrons. The molecular weight excluding hydrogens is 363 g/mol. The number of carbonyl (C=O) groups is 1. The molecule has 7 nitrogen and oxygen atoms in total. The van der Waals surface area contributed by atoms with Gasteiger partial charge in [0.05, 0.1) is 12.1 Å². The summed E-state index contributed by atoms with van der Waals surface area (Å²) in [5.74, 6) is -0.303. The zero-order valence-electron chi connectivity index (χ0n) is 14.2. The number of nitrogens with zero attached hydrogens (tertiary/aromatic N) is 3. The zero-order valence-corrected chi connectivity index (χ0v) is 14.2. The van der Waals surface area contributed by atoms with Gasteiger partial charge in [-0.3, -0.25) is 4.90 Å². The van der Waals surface area contributed by atoms with Crippen LogP contribution >= 0.6 is 0 Å². The van der Waals surface area contributed by atoms with Crippen molar-refractivity contribution in [3.05, 3.63) is 41.1 Å². The van der Waals surface area contributed by atoms with E-state index in [9.17, 15) is 23.1 Å². The third kappa shape index (κ3) is 2.81. The van der Waals surface area contributed by atoms with Gasteiger partial charge in [0.15, 0.2) is 0 Å². The van der Waals surface area contributed by atoms with Crippen LogP contribution in [0.25, 0.3) is 0 Å². The van der Waals surface area contributed by atoms with Crippen molar-refractivity contribution < 1.29 is 23.1 Å². The molecule has 1 amide bonds. The summed E-state index contributed by atoms with van der Waals surface area (Å²) in [5, 5.41) is 14.7. The van der Waals surface area contributed by atoms with Crippen LogP contribution in [0, 0.1) is 0 Å². The molecule has 0 aliphatic carbocycles. The molecule has 1 fully saturated rings. The third-order valence-electron chi connectivity index (χ3n) is 5.00. The van der Waals surface area contributed by atoms with E-state index in [2.05, 4.69) is 20.6 Å². The summed E-state index contributed by atoms with van der Waals surface area (Å²) >= 11 is 0. The van der Waals surface area contributed by atoms with Crippen LogP contribution in [0.1, 0.15) is 41.6 Å². The van der Waals surface area contributed by atoms with E-state index in [4.69, 9.17) is 0 Å². The smallest absolute Gasteiger partial charge is 0.421 e. The Morgan fingerprint density at radius 2 is 1.96 bits per heavy atom. The first-order valence-corrected chi connectivity index (χ1v) is 8.33. The topological polar surface area (TPSA) is 90.4 Å². The highest BCUT2D eigenvalue weighted by molar-refractivity contribution is 5.70. The second-order valence-electron chi connectivity index (χ2n) is 6.47. The van der Waals surface area contributed by atoms with Crippen LogP contribution in [0.5, 0.6) is 0 Å². The predicted molar refractivity (Wildman–Crippen MR) is 90.9 cm³/mol. The SMILES string of the molecule is CNc1nc(Nc2ccc3c(c2)[C@H]2CC[C@@H]3N2C(=O)O)ncc1C(F)(F)F. The highest BCUT2D eigenvalue weighted by Crippen LogP contribution is 2.53. The first-order chi connectivity index (χ1) is 12.8. The monoisotopic (exact) mass is 379 g/mol. The fourth-order valence-electron chi connectivity index (χ4n) is 3.90. The molecule has 1 aromatic heterocycles. The van der Waals surface area contributed by atoms with Gasteiger partial charge in [-0.25, -0.2) is 9.78 Å². The van der Waals surface area contributed by atoms with Crippen LogP contribution in [0.2, 0.25) is 0 Å². The minimum absolute atomic E-state index is 0.0190. The van der Waals surface area contributed by atoms with E-state index in [1.165, 1.54) is 11.9 Å². The number of hydrogen-bond donors (Lipinski definition) is 3. The van der Waals surface area contributed by atoms with Gasteiger partial charge in [0, 0.05) is 18.9 Å². The van der Waals surface area contributed by atoms with Crippen LogP contribution < -0.4 is 10.6 Å². The number of carboxylic acid groups (broad SMARTS) is 1. The Balaban J connectivity index is 1.62. The van der Waals surface area contributed by atoms with Gasteiger partial charge in [-0.15, -0.1) is 0 Å². The summed E-state index contributed by atoms with van der Waals surface area (Å²) in [6.07, 6.45) is -3.22. The van der Waals surface area contributed by atoms with Gasteiger partial charge in [0.1, 0.15) is 11.4 Å². The van der Waals surface area contributed by atoms with E-state index in [1.54, 1.807) is 6.07 Å². The van der Waals surface area contributed by atoms with Gasteiger partial charge >= 0.3 is 12.3 Å². The second kappa shape index (κ2) is 6.00. The van der Waals surface area contributed by atoms with Crippen molar-refractivity contribution in [2.24, 2.45) is 0 Å². The summed E-state index contributed by atoms with van der Waals surface area (Å²) in [6.45, 7) is 0. The number of halogens is 3. The van der Waals surface area contributed by atoms with Gasteiger partial charge in [0.25, 0.3) is 0 Å². The van der Waals surface area contributed by atoms with Crippen molar-refractivity contribution in [2.75, 3.05) is 17.7 Å². The van der Waals surface area contributed by atoms with E-state index < -0.39 is 17.8 Å². The molecule has 0 saturated carbocycles. The third-order valence-corrected chi connectivity index (χ3v) is 5.00. The number of rotatable bonds is 3. The molecule has 0 spiro atoms. The number of aromatic nitrogens is 2. The van der Waals surface area contributed by atoms with Crippen LogP contribution in [0.4, 0.5) is 35.4 Å². The lowest BCUT2D eigenvalue weighted by atomic mass is 9.91. The van der Waals surface area contributed by atoms with Gasteiger partial charge in [0.2, 0.25) is 5.95 Å². The van der Waals surface area contributed by atoms with Crippen LogP contribution in [0.15, 0.2) is 24.4 Å². The Hall–Kier alpha value is -3.04. The van der Waals surface area contributed by atoms with Gasteiger partial charge < -0.3 is 15.7 Å². The van der Waals surface area contributed by atoms with Crippen LogP contribution in [-0.2, 0) is 6.18 Å². The summed E-state index contributed by atoms with van der Waals surface area (Å²) < 4.78 is 38.8. The molecule has 2 aliphatic heterocycles. The first-order valence-electron chi connectivity index (χ1n) is 8.33. The Bertz CT molecular complexity index is 918. The van der Waals surface area contributed by atoms with Gasteiger partial charge in [-0.1, -0.05) is 6.07 Å². The van der Waals surface area contributed by atoms with Crippen molar-refractivity contribution in [1.82, 2.24) is 14.9 Å². The quantitative estimate of drug-likeness (QED) is 0.742. The summed E-state index contributed by atoms with van der Waals surface area (Å²) in [6, 6.07) is 5.09. The largest absolute Gasteiger partial charge is 0.465 e. The molecule has 27 heavy (non-hydrogen) atoms. The molecule has 142 valence electrons. The van der Waals surface area contributed by atoms with Gasteiger partial charge in [-0.05, 0) is 36.1 Å². The van der Waals surface area contributed by atoms with Crippen LogP contribution in [0.3, 0.4) is 0 Å². The lowest BCUT2D eigenvalue weighted by Gasteiger charge is -2.17. The lowest BCUT2D eigenvalue weighted by molar-refractivity contribution is -0.137. The Labute approximate surface area is 152 Å². The molecule has 0 unspecified atom stereocenters. The van der Waals surface area contributed by atoms with E-state index in [0.29, 0.717) is 5.69 Å². The highest BCUT2D eigenvalue weighted by Gasteiger charge is 2.46. The minimum atomic E-state index is -4.55. The van der Waals surface area contributed by atoms with Crippen molar-refractivity contribution in [3.8, 4) is 0 Å². The number of fused-ring (bicyclic) bond motifs is 5. The summed E-state index contributed by atoms with van der Waals surface area (Å²) in [7, 11) is 1.36. The number of alkyl halides is 3. The second-order valence-corrected chi connectivity index (χ2v) is 6.47. The van der Waals surface area contributed by atoms with E-state index in [1.807, 2.05) is 12.1 Å². The first kappa shape index (κ1) is 17.4. The zero-order chi connectivity index (χ0) is 19.3. The fraction of sp³-hybridized carbons (Fsp3) is 0.353. The van der Waals surface area contributed by atoms with Crippen molar-refractivity contribution in [2.45, 2.75) is 31.1 Å². The molecule has 3 heterocycles. The molecule has 2 atom stereocenters. The average Bonchev–Trinajstić information content (AvgIpc) is 3.17. The maximum atomic E-state index is 12.9. The van der Waals surface area contributed by atoms with E-state index in [-0.39, 0.29) is 23.8 Å². The Kier molecular flexibility index (Phi) is 3.86. The number of nitrogens with one attached hydrogen (secondary N) is 2. The van der Waals surface area contributed by atoms with Crippen molar-refractivity contribution in [3.63, 3.8) is 0 Å².